The summed E-state index contributed by atoms with van der Waals surface area (Å²) >= 11 is 5.81. The van der Waals surface area contributed by atoms with Crippen molar-refractivity contribution in [2.75, 3.05) is 5.32 Å². The van der Waals surface area contributed by atoms with Crippen molar-refractivity contribution < 1.29 is 4.79 Å². The van der Waals surface area contributed by atoms with E-state index in [2.05, 4.69) is 17.3 Å². The Morgan fingerprint density at radius 1 is 1.37 bits per heavy atom. The summed E-state index contributed by atoms with van der Waals surface area (Å²) in [5.74, 6) is -0.140. The number of halogens is 1. The molecule has 100 valence electrons. The van der Waals surface area contributed by atoms with E-state index >= 15 is 0 Å². The summed E-state index contributed by atoms with van der Waals surface area (Å²) in [6, 6.07) is 7.03. The van der Waals surface area contributed by atoms with Crippen molar-refractivity contribution in [3.05, 3.63) is 46.7 Å². The molecule has 0 atom stereocenters. The van der Waals surface area contributed by atoms with Gasteiger partial charge in [-0.15, -0.1) is 0 Å². The largest absolute Gasteiger partial charge is 0.322 e. The zero-order chi connectivity index (χ0) is 13.8. The van der Waals surface area contributed by atoms with E-state index in [1.54, 1.807) is 35.1 Å². The first-order chi connectivity index (χ1) is 9.11. The molecule has 2 rings (SSSR count). The molecule has 1 heterocycles. The molecule has 0 saturated carbocycles. The highest BCUT2D eigenvalue weighted by Crippen LogP contribution is 2.16. The fourth-order valence-electron chi connectivity index (χ4n) is 1.92. The molecular weight excluding hydrogens is 262 g/mol. The van der Waals surface area contributed by atoms with E-state index in [1.807, 2.05) is 7.05 Å². The van der Waals surface area contributed by atoms with Crippen LogP contribution >= 0.6 is 11.6 Å². The van der Waals surface area contributed by atoms with Crippen molar-refractivity contribution in [3.8, 4) is 0 Å². The van der Waals surface area contributed by atoms with Gasteiger partial charge in [0.1, 0.15) is 0 Å². The molecule has 0 fully saturated rings. The highest BCUT2D eigenvalue weighted by atomic mass is 35.5. The van der Waals surface area contributed by atoms with Gasteiger partial charge >= 0.3 is 0 Å². The van der Waals surface area contributed by atoms with Crippen molar-refractivity contribution in [2.45, 2.75) is 19.8 Å². The number of carbonyl (C=O) groups excluding carboxylic acids is 1. The summed E-state index contributed by atoms with van der Waals surface area (Å²) in [4.78, 5) is 12.2. The van der Waals surface area contributed by atoms with Crippen LogP contribution < -0.4 is 5.32 Å². The standard InChI is InChI=1S/C14H16ClN3O/c1-3-4-13-12(9-16-18(13)2)14(19)17-11-7-5-10(15)6-8-11/h5-9H,3-4H2,1-2H3,(H,17,19). The van der Waals surface area contributed by atoms with Crippen molar-refractivity contribution >= 4 is 23.2 Å². The van der Waals surface area contributed by atoms with Gasteiger partial charge in [0, 0.05) is 17.8 Å². The third kappa shape index (κ3) is 3.15. The highest BCUT2D eigenvalue weighted by Gasteiger charge is 2.15. The first-order valence-corrected chi connectivity index (χ1v) is 6.57. The summed E-state index contributed by atoms with van der Waals surface area (Å²) in [5.41, 5.74) is 2.30. The molecule has 0 bridgehead atoms. The normalized spacial score (nSPS) is 10.5. The number of anilines is 1. The molecule has 0 aliphatic rings. The highest BCUT2D eigenvalue weighted by molar-refractivity contribution is 6.30. The van der Waals surface area contributed by atoms with E-state index in [0.29, 0.717) is 10.6 Å². The summed E-state index contributed by atoms with van der Waals surface area (Å²) < 4.78 is 1.75. The molecule has 0 radical (unpaired) electrons. The van der Waals surface area contributed by atoms with Gasteiger partial charge in [0.15, 0.2) is 0 Å². The van der Waals surface area contributed by atoms with Gasteiger partial charge < -0.3 is 5.32 Å². The Bertz CT molecular complexity index is 575. The van der Waals surface area contributed by atoms with E-state index in [9.17, 15) is 4.79 Å². The predicted octanol–water partition coefficient (Wildman–Crippen LogP) is 3.28. The first kappa shape index (κ1) is 13.6. The van der Waals surface area contributed by atoms with Gasteiger partial charge in [-0.3, -0.25) is 9.48 Å². The van der Waals surface area contributed by atoms with E-state index < -0.39 is 0 Å². The number of aryl methyl sites for hydroxylation is 1. The summed E-state index contributed by atoms with van der Waals surface area (Å²) in [5, 5.41) is 7.64. The van der Waals surface area contributed by atoms with Crippen molar-refractivity contribution in [1.82, 2.24) is 9.78 Å². The minimum absolute atomic E-state index is 0.140. The Labute approximate surface area is 117 Å². The van der Waals surface area contributed by atoms with Gasteiger partial charge in [0.05, 0.1) is 17.5 Å². The van der Waals surface area contributed by atoms with Gasteiger partial charge in [0.2, 0.25) is 0 Å². The predicted molar refractivity (Wildman–Crippen MR) is 76.6 cm³/mol. The maximum absolute atomic E-state index is 12.2. The smallest absolute Gasteiger partial charge is 0.259 e. The molecule has 19 heavy (non-hydrogen) atoms. The minimum atomic E-state index is -0.140. The zero-order valence-electron chi connectivity index (χ0n) is 11.0. The van der Waals surface area contributed by atoms with Crippen LogP contribution in [0.2, 0.25) is 5.02 Å². The molecule has 4 nitrogen and oxygen atoms in total. The van der Waals surface area contributed by atoms with Crippen LogP contribution in [0.1, 0.15) is 29.4 Å². The lowest BCUT2D eigenvalue weighted by atomic mass is 10.1. The van der Waals surface area contributed by atoms with E-state index in [4.69, 9.17) is 11.6 Å². The number of hydrogen-bond donors (Lipinski definition) is 1. The Morgan fingerprint density at radius 2 is 2.05 bits per heavy atom. The van der Waals surface area contributed by atoms with E-state index in [-0.39, 0.29) is 5.91 Å². The number of hydrogen-bond acceptors (Lipinski definition) is 2. The Hall–Kier alpha value is -1.81. The Balaban J connectivity index is 2.18. The van der Waals surface area contributed by atoms with Crippen LogP contribution in [0.3, 0.4) is 0 Å². The summed E-state index contributed by atoms with van der Waals surface area (Å²) in [7, 11) is 1.85. The molecule has 5 heteroatoms. The molecule has 0 aliphatic carbocycles. The molecule has 2 aromatic rings. The number of benzene rings is 1. The molecule has 1 aromatic carbocycles. The molecule has 0 unspecified atom stereocenters. The van der Waals surface area contributed by atoms with Gasteiger partial charge in [-0.1, -0.05) is 24.9 Å². The average molecular weight is 278 g/mol. The zero-order valence-corrected chi connectivity index (χ0v) is 11.7. The Morgan fingerprint density at radius 3 is 2.68 bits per heavy atom. The minimum Gasteiger partial charge on any atom is -0.322 e. The second-order valence-electron chi connectivity index (χ2n) is 4.34. The SMILES string of the molecule is CCCc1c(C(=O)Nc2ccc(Cl)cc2)cnn1C. The maximum Gasteiger partial charge on any atom is 0.259 e. The second-order valence-corrected chi connectivity index (χ2v) is 4.78. The number of nitrogens with zero attached hydrogens (tertiary/aromatic N) is 2. The fraction of sp³-hybridized carbons (Fsp3) is 0.286. The molecule has 1 aromatic heterocycles. The number of nitrogens with one attached hydrogen (secondary N) is 1. The van der Waals surface area contributed by atoms with E-state index in [1.165, 1.54) is 0 Å². The number of aromatic nitrogens is 2. The quantitative estimate of drug-likeness (QED) is 0.932. The maximum atomic E-state index is 12.2. The van der Waals surface area contributed by atoms with E-state index in [0.717, 1.165) is 24.2 Å². The molecule has 1 N–H and O–H groups in total. The lowest BCUT2D eigenvalue weighted by Crippen LogP contribution is -2.14. The third-order valence-corrected chi connectivity index (χ3v) is 3.15. The molecule has 1 amide bonds. The third-order valence-electron chi connectivity index (χ3n) is 2.90. The number of amides is 1. The van der Waals surface area contributed by atoms with Crippen LogP contribution in [0.4, 0.5) is 5.69 Å². The molecule has 0 saturated heterocycles. The van der Waals surface area contributed by atoms with Gasteiger partial charge in [0.25, 0.3) is 5.91 Å². The van der Waals surface area contributed by atoms with Crippen LogP contribution in [0.25, 0.3) is 0 Å². The van der Waals surface area contributed by atoms with Gasteiger partial charge in [-0.05, 0) is 30.7 Å². The van der Waals surface area contributed by atoms with Gasteiger partial charge in [-0.25, -0.2) is 0 Å². The van der Waals surface area contributed by atoms with Crippen LogP contribution in [-0.4, -0.2) is 15.7 Å². The number of rotatable bonds is 4. The van der Waals surface area contributed by atoms with Crippen LogP contribution in [0.5, 0.6) is 0 Å². The van der Waals surface area contributed by atoms with Crippen LogP contribution in [-0.2, 0) is 13.5 Å². The molecular formula is C14H16ClN3O. The monoisotopic (exact) mass is 277 g/mol. The molecule has 0 spiro atoms. The van der Waals surface area contributed by atoms with Crippen molar-refractivity contribution in [3.63, 3.8) is 0 Å². The average Bonchev–Trinajstić information content (AvgIpc) is 2.75. The van der Waals surface area contributed by atoms with Crippen LogP contribution in [0, 0.1) is 0 Å². The van der Waals surface area contributed by atoms with Gasteiger partial charge in [-0.2, -0.15) is 5.10 Å². The Kier molecular flexibility index (Phi) is 4.22. The van der Waals surface area contributed by atoms with Crippen LogP contribution in [0.15, 0.2) is 30.5 Å². The topological polar surface area (TPSA) is 46.9 Å². The fourth-order valence-corrected chi connectivity index (χ4v) is 2.04. The summed E-state index contributed by atoms with van der Waals surface area (Å²) in [6.45, 7) is 2.08. The summed E-state index contributed by atoms with van der Waals surface area (Å²) in [6.07, 6.45) is 3.41. The lowest BCUT2D eigenvalue weighted by molar-refractivity contribution is 0.102. The first-order valence-electron chi connectivity index (χ1n) is 6.19. The number of carbonyl (C=O) groups is 1. The molecule has 0 aliphatic heterocycles. The second kappa shape index (κ2) is 5.89. The lowest BCUT2D eigenvalue weighted by Gasteiger charge is -2.06. The van der Waals surface area contributed by atoms with Crippen molar-refractivity contribution in [2.24, 2.45) is 7.05 Å². The van der Waals surface area contributed by atoms with Crippen molar-refractivity contribution in [1.29, 1.82) is 0 Å².